The monoisotopic (exact) mass is 336 g/mol. The van der Waals surface area contributed by atoms with Crippen LogP contribution in [0.4, 0.5) is 5.82 Å². The van der Waals surface area contributed by atoms with E-state index in [1.165, 1.54) is 6.26 Å². The van der Waals surface area contributed by atoms with Crippen LogP contribution < -0.4 is 4.90 Å². The fraction of sp³-hybridized carbons (Fsp3) is 0.316. The van der Waals surface area contributed by atoms with Crippen molar-refractivity contribution in [3.8, 4) is 0 Å². The Hall–Kier alpha value is -2.89. The number of anilines is 1. The predicted octanol–water partition coefficient (Wildman–Crippen LogP) is 2.88. The fourth-order valence-corrected chi connectivity index (χ4v) is 3.35. The SMILES string of the molecule is Cc1nnc(N2CCCN(C(=O)c3ccco3)CC2)c2ccccc12. The van der Waals surface area contributed by atoms with Crippen LogP contribution in [0.5, 0.6) is 0 Å². The van der Waals surface area contributed by atoms with Crippen molar-refractivity contribution in [2.24, 2.45) is 0 Å². The summed E-state index contributed by atoms with van der Waals surface area (Å²) in [4.78, 5) is 16.6. The molecule has 0 radical (unpaired) electrons. The topological polar surface area (TPSA) is 62.5 Å². The molecule has 1 amide bonds. The Labute approximate surface area is 146 Å². The molecule has 0 bridgehead atoms. The lowest BCUT2D eigenvalue weighted by Crippen LogP contribution is -2.35. The molecule has 6 nitrogen and oxygen atoms in total. The maximum Gasteiger partial charge on any atom is 0.289 e. The minimum atomic E-state index is -0.0494. The molecule has 0 N–H and O–H groups in total. The van der Waals surface area contributed by atoms with Gasteiger partial charge in [-0.25, -0.2) is 0 Å². The maximum atomic E-state index is 12.5. The van der Waals surface area contributed by atoms with Gasteiger partial charge >= 0.3 is 0 Å². The number of fused-ring (bicyclic) bond motifs is 1. The summed E-state index contributed by atoms with van der Waals surface area (Å²) in [6.45, 7) is 4.92. The van der Waals surface area contributed by atoms with E-state index in [1.807, 2.05) is 24.0 Å². The first-order chi connectivity index (χ1) is 12.2. The van der Waals surface area contributed by atoms with Crippen molar-refractivity contribution in [1.82, 2.24) is 15.1 Å². The van der Waals surface area contributed by atoms with Crippen LogP contribution in [0.1, 0.15) is 22.7 Å². The number of furan rings is 1. The second-order valence-corrected chi connectivity index (χ2v) is 6.26. The van der Waals surface area contributed by atoms with Crippen molar-refractivity contribution in [3.05, 3.63) is 54.1 Å². The van der Waals surface area contributed by atoms with Gasteiger partial charge in [0.05, 0.1) is 12.0 Å². The quantitative estimate of drug-likeness (QED) is 0.720. The molecule has 1 aromatic carbocycles. The van der Waals surface area contributed by atoms with E-state index in [4.69, 9.17) is 4.42 Å². The average Bonchev–Trinajstić information content (AvgIpc) is 3.07. The molecule has 3 heterocycles. The van der Waals surface area contributed by atoms with Gasteiger partial charge in [0.15, 0.2) is 11.6 Å². The van der Waals surface area contributed by atoms with Gasteiger partial charge in [0.25, 0.3) is 5.91 Å². The Kier molecular flexibility index (Phi) is 4.09. The lowest BCUT2D eigenvalue weighted by atomic mass is 10.1. The summed E-state index contributed by atoms with van der Waals surface area (Å²) in [6, 6.07) is 11.7. The van der Waals surface area contributed by atoms with Crippen molar-refractivity contribution in [1.29, 1.82) is 0 Å². The number of hydrogen-bond acceptors (Lipinski definition) is 5. The minimum Gasteiger partial charge on any atom is -0.459 e. The van der Waals surface area contributed by atoms with E-state index >= 15 is 0 Å². The zero-order valence-corrected chi connectivity index (χ0v) is 14.2. The van der Waals surface area contributed by atoms with E-state index in [1.54, 1.807) is 12.1 Å². The van der Waals surface area contributed by atoms with Crippen LogP contribution in [-0.2, 0) is 0 Å². The van der Waals surface area contributed by atoms with E-state index in [0.717, 1.165) is 41.8 Å². The number of hydrogen-bond donors (Lipinski definition) is 0. The largest absolute Gasteiger partial charge is 0.459 e. The number of carbonyl (C=O) groups excluding carboxylic acids is 1. The number of carbonyl (C=O) groups is 1. The Morgan fingerprint density at radius 3 is 2.64 bits per heavy atom. The molecule has 4 rings (SSSR count). The van der Waals surface area contributed by atoms with Gasteiger partial charge in [-0.3, -0.25) is 4.79 Å². The van der Waals surface area contributed by atoms with Crippen LogP contribution in [0, 0.1) is 6.92 Å². The zero-order chi connectivity index (χ0) is 17.2. The summed E-state index contributed by atoms with van der Waals surface area (Å²) in [6.07, 6.45) is 2.42. The Balaban J connectivity index is 1.58. The summed E-state index contributed by atoms with van der Waals surface area (Å²) >= 11 is 0. The highest BCUT2D eigenvalue weighted by molar-refractivity contribution is 5.93. The number of aromatic nitrogens is 2. The lowest BCUT2D eigenvalue weighted by Gasteiger charge is -2.23. The molecule has 0 spiro atoms. The summed E-state index contributed by atoms with van der Waals surface area (Å²) < 4.78 is 5.24. The molecule has 0 saturated carbocycles. The second-order valence-electron chi connectivity index (χ2n) is 6.26. The molecule has 6 heteroatoms. The number of aryl methyl sites for hydroxylation is 1. The van der Waals surface area contributed by atoms with E-state index in [-0.39, 0.29) is 5.91 Å². The predicted molar refractivity (Wildman–Crippen MR) is 95.7 cm³/mol. The lowest BCUT2D eigenvalue weighted by molar-refractivity contribution is 0.0735. The molecule has 1 aliphatic heterocycles. The van der Waals surface area contributed by atoms with Crippen LogP contribution in [0.2, 0.25) is 0 Å². The van der Waals surface area contributed by atoms with E-state index in [0.29, 0.717) is 18.8 Å². The molecule has 1 fully saturated rings. The second kappa shape index (κ2) is 6.55. The van der Waals surface area contributed by atoms with Gasteiger partial charge in [-0.15, -0.1) is 5.10 Å². The van der Waals surface area contributed by atoms with Crippen molar-refractivity contribution in [2.45, 2.75) is 13.3 Å². The molecule has 1 aliphatic rings. The Bertz CT molecular complexity index is 892. The van der Waals surface area contributed by atoms with Crippen LogP contribution in [0.15, 0.2) is 47.1 Å². The average molecular weight is 336 g/mol. The molecule has 1 saturated heterocycles. The number of amides is 1. The molecule has 3 aromatic rings. The van der Waals surface area contributed by atoms with E-state index in [2.05, 4.69) is 27.2 Å². The summed E-state index contributed by atoms with van der Waals surface area (Å²) in [5.41, 5.74) is 0.934. The molecule has 0 atom stereocenters. The normalized spacial score (nSPS) is 15.4. The van der Waals surface area contributed by atoms with Crippen molar-refractivity contribution < 1.29 is 9.21 Å². The van der Waals surface area contributed by atoms with E-state index in [9.17, 15) is 4.79 Å². The molecule has 128 valence electrons. The first kappa shape index (κ1) is 15.6. The van der Waals surface area contributed by atoms with Crippen molar-refractivity contribution >= 4 is 22.5 Å². The highest BCUT2D eigenvalue weighted by Crippen LogP contribution is 2.26. The number of rotatable bonds is 2. The van der Waals surface area contributed by atoms with Gasteiger partial charge < -0.3 is 14.2 Å². The molecular weight excluding hydrogens is 316 g/mol. The maximum absolute atomic E-state index is 12.5. The van der Waals surface area contributed by atoms with Crippen LogP contribution >= 0.6 is 0 Å². The number of benzene rings is 1. The van der Waals surface area contributed by atoms with Gasteiger partial charge in [0.2, 0.25) is 0 Å². The van der Waals surface area contributed by atoms with Gasteiger partial charge in [0, 0.05) is 37.0 Å². The third kappa shape index (κ3) is 2.95. The smallest absolute Gasteiger partial charge is 0.289 e. The molecule has 0 unspecified atom stereocenters. The van der Waals surface area contributed by atoms with Gasteiger partial charge in [-0.05, 0) is 25.5 Å². The fourth-order valence-electron chi connectivity index (χ4n) is 3.35. The highest BCUT2D eigenvalue weighted by atomic mass is 16.3. The highest BCUT2D eigenvalue weighted by Gasteiger charge is 2.23. The summed E-state index contributed by atoms with van der Waals surface area (Å²) in [5.74, 6) is 1.24. The van der Waals surface area contributed by atoms with E-state index < -0.39 is 0 Å². The zero-order valence-electron chi connectivity index (χ0n) is 14.2. The first-order valence-corrected chi connectivity index (χ1v) is 8.54. The van der Waals surface area contributed by atoms with Crippen molar-refractivity contribution in [3.63, 3.8) is 0 Å². The summed E-state index contributed by atoms with van der Waals surface area (Å²) in [7, 11) is 0. The summed E-state index contributed by atoms with van der Waals surface area (Å²) in [5, 5.41) is 11.0. The first-order valence-electron chi connectivity index (χ1n) is 8.54. The number of nitrogens with zero attached hydrogens (tertiary/aromatic N) is 4. The minimum absolute atomic E-state index is 0.0494. The van der Waals surface area contributed by atoms with Crippen LogP contribution in [-0.4, -0.2) is 47.2 Å². The molecule has 0 aliphatic carbocycles. The molecule has 25 heavy (non-hydrogen) atoms. The standard InChI is InChI=1S/C19H20N4O2/c1-14-15-6-2-3-7-16(15)18(21-20-14)22-9-5-10-23(12-11-22)19(24)17-8-4-13-25-17/h2-4,6-8,13H,5,9-12H2,1H3. The van der Waals surface area contributed by atoms with Crippen LogP contribution in [0.3, 0.4) is 0 Å². The molecule has 2 aromatic heterocycles. The third-order valence-electron chi connectivity index (χ3n) is 4.67. The van der Waals surface area contributed by atoms with Crippen molar-refractivity contribution in [2.75, 3.05) is 31.1 Å². The third-order valence-corrected chi connectivity index (χ3v) is 4.67. The molecular formula is C19H20N4O2. The van der Waals surface area contributed by atoms with Gasteiger partial charge in [0.1, 0.15) is 0 Å². The Morgan fingerprint density at radius 2 is 1.84 bits per heavy atom. The van der Waals surface area contributed by atoms with Gasteiger partial charge in [-0.2, -0.15) is 5.10 Å². The van der Waals surface area contributed by atoms with Crippen LogP contribution in [0.25, 0.3) is 10.8 Å². The Morgan fingerprint density at radius 1 is 1.00 bits per heavy atom. The van der Waals surface area contributed by atoms with Gasteiger partial charge in [-0.1, -0.05) is 24.3 Å².